The van der Waals surface area contributed by atoms with Crippen molar-refractivity contribution in [1.82, 2.24) is 5.16 Å². The number of phenols is 1. The number of halogens is 3. The standard InChI is InChI=1S/C11H9F3N2O3/c1-18-8-3-5(6-4-16-19-10(6)15)2-7(9(8)17)11(12,13)14/h2-4,17H,15H2,1H3. The molecule has 0 aliphatic carbocycles. The summed E-state index contributed by atoms with van der Waals surface area (Å²) in [6.45, 7) is 0. The Bertz CT molecular complexity index is 608. The zero-order valence-electron chi connectivity index (χ0n) is 9.65. The lowest BCUT2D eigenvalue weighted by Gasteiger charge is -2.13. The van der Waals surface area contributed by atoms with Gasteiger partial charge in [0.2, 0.25) is 5.88 Å². The minimum atomic E-state index is -4.72. The minimum Gasteiger partial charge on any atom is -0.504 e. The molecule has 0 atom stereocenters. The average molecular weight is 274 g/mol. The number of ether oxygens (including phenoxy) is 1. The lowest BCUT2D eigenvalue weighted by atomic mass is 10.0. The van der Waals surface area contributed by atoms with E-state index in [0.717, 1.165) is 13.2 Å². The Kier molecular flexibility index (Phi) is 3.01. The number of benzene rings is 1. The molecule has 102 valence electrons. The van der Waals surface area contributed by atoms with Crippen molar-refractivity contribution in [3.05, 3.63) is 23.9 Å². The zero-order valence-corrected chi connectivity index (χ0v) is 9.65. The lowest BCUT2D eigenvalue weighted by Crippen LogP contribution is -2.06. The summed E-state index contributed by atoms with van der Waals surface area (Å²) in [5.74, 6) is -1.42. The van der Waals surface area contributed by atoms with Crippen LogP contribution < -0.4 is 10.5 Å². The summed E-state index contributed by atoms with van der Waals surface area (Å²) in [7, 11) is 1.15. The first-order chi connectivity index (χ1) is 8.84. The molecule has 0 unspecified atom stereocenters. The van der Waals surface area contributed by atoms with Gasteiger partial charge in [-0.05, 0) is 17.7 Å². The Labute approximate surface area is 105 Å². The number of methoxy groups -OCH3 is 1. The second-order valence-corrected chi connectivity index (χ2v) is 3.68. The van der Waals surface area contributed by atoms with Crippen LogP contribution in [0.1, 0.15) is 5.56 Å². The summed E-state index contributed by atoms with van der Waals surface area (Å²) in [5.41, 5.74) is 4.50. The first kappa shape index (κ1) is 13.1. The van der Waals surface area contributed by atoms with Gasteiger partial charge in [0, 0.05) is 0 Å². The molecule has 5 nitrogen and oxygen atoms in total. The van der Waals surface area contributed by atoms with E-state index in [4.69, 9.17) is 10.5 Å². The molecule has 3 N–H and O–H groups in total. The Morgan fingerprint density at radius 1 is 1.37 bits per heavy atom. The molecule has 0 saturated heterocycles. The Morgan fingerprint density at radius 3 is 2.53 bits per heavy atom. The highest BCUT2D eigenvalue weighted by molar-refractivity contribution is 5.75. The summed E-state index contributed by atoms with van der Waals surface area (Å²) in [6.07, 6.45) is -3.54. The van der Waals surface area contributed by atoms with E-state index in [1.807, 2.05) is 0 Å². The van der Waals surface area contributed by atoms with Crippen LogP contribution in [0.2, 0.25) is 0 Å². The summed E-state index contributed by atoms with van der Waals surface area (Å²) >= 11 is 0. The molecule has 1 aromatic heterocycles. The number of hydrogen-bond donors (Lipinski definition) is 2. The number of alkyl halides is 3. The monoisotopic (exact) mass is 274 g/mol. The molecule has 0 spiro atoms. The third-order valence-corrected chi connectivity index (χ3v) is 2.51. The highest BCUT2D eigenvalue weighted by Crippen LogP contribution is 2.44. The average Bonchev–Trinajstić information content (AvgIpc) is 2.74. The van der Waals surface area contributed by atoms with Crippen LogP contribution in [-0.2, 0) is 6.18 Å². The molecule has 0 radical (unpaired) electrons. The second kappa shape index (κ2) is 4.38. The van der Waals surface area contributed by atoms with E-state index >= 15 is 0 Å². The SMILES string of the molecule is COc1cc(-c2cnoc2N)cc(C(F)(F)F)c1O. The first-order valence-electron chi connectivity index (χ1n) is 5.03. The minimum absolute atomic E-state index is 0.0840. The van der Waals surface area contributed by atoms with Crippen LogP contribution in [0.3, 0.4) is 0 Å². The Morgan fingerprint density at radius 2 is 2.05 bits per heavy atom. The van der Waals surface area contributed by atoms with Crippen molar-refractivity contribution in [1.29, 1.82) is 0 Å². The molecule has 2 aromatic rings. The number of aromatic hydroxyl groups is 1. The van der Waals surface area contributed by atoms with Gasteiger partial charge in [-0.1, -0.05) is 5.16 Å². The maximum absolute atomic E-state index is 12.8. The largest absolute Gasteiger partial charge is 0.504 e. The number of rotatable bonds is 2. The van der Waals surface area contributed by atoms with Crippen molar-refractivity contribution in [3.63, 3.8) is 0 Å². The van der Waals surface area contributed by atoms with Gasteiger partial charge in [0.1, 0.15) is 5.56 Å². The molecule has 0 fully saturated rings. The van der Waals surface area contributed by atoms with E-state index < -0.39 is 17.5 Å². The third kappa shape index (κ3) is 2.28. The van der Waals surface area contributed by atoms with Gasteiger partial charge in [0.25, 0.3) is 0 Å². The number of hydrogen-bond acceptors (Lipinski definition) is 5. The molecule has 0 bridgehead atoms. The predicted molar refractivity (Wildman–Crippen MR) is 59.6 cm³/mol. The molecule has 1 heterocycles. The topological polar surface area (TPSA) is 81.5 Å². The fourth-order valence-electron chi connectivity index (χ4n) is 1.60. The van der Waals surface area contributed by atoms with E-state index in [-0.39, 0.29) is 22.8 Å². The van der Waals surface area contributed by atoms with Crippen molar-refractivity contribution >= 4 is 5.88 Å². The highest BCUT2D eigenvalue weighted by Gasteiger charge is 2.36. The van der Waals surface area contributed by atoms with Crippen LogP contribution in [0.5, 0.6) is 11.5 Å². The fourth-order valence-corrected chi connectivity index (χ4v) is 1.60. The van der Waals surface area contributed by atoms with E-state index in [2.05, 4.69) is 9.68 Å². The van der Waals surface area contributed by atoms with E-state index in [1.165, 1.54) is 12.3 Å². The quantitative estimate of drug-likeness (QED) is 0.879. The highest BCUT2D eigenvalue weighted by atomic mass is 19.4. The molecule has 0 amide bonds. The normalized spacial score (nSPS) is 11.6. The van der Waals surface area contributed by atoms with Gasteiger partial charge < -0.3 is 20.1 Å². The number of aromatic nitrogens is 1. The molecule has 0 saturated carbocycles. The van der Waals surface area contributed by atoms with E-state index in [1.54, 1.807) is 0 Å². The number of anilines is 1. The van der Waals surface area contributed by atoms with E-state index in [9.17, 15) is 18.3 Å². The van der Waals surface area contributed by atoms with Crippen molar-refractivity contribution in [2.24, 2.45) is 0 Å². The van der Waals surface area contributed by atoms with Crippen LogP contribution in [0, 0.1) is 0 Å². The Hall–Kier alpha value is -2.38. The first-order valence-corrected chi connectivity index (χ1v) is 5.03. The fraction of sp³-hybridized carbons (Fsp3) is 0.182. The van der Waals surface area contributed by atoms with Crippen LogP contribution >= 0.6 is 0 Å². The summed E-state index contributed by atoms with van der Waals surface area (Å²) in [6, 6.07) is 1.97. The number of phenolic OH excluding ortho intramolecular Hbond substituents is 1. The third-order valence-electron chi connectivity index (χ3n) is 2.51. The summed E-state index contributed by atoms with van der Waals surface area (Å²) in [4.78, 5) is 0. The van der Waals surface area contributed by atoms with Gasteiger partial charge in [-0.3, -0.25) is 0 Å². The van der Waals surface area contributed by atoms with Gasteiger partial charge in [-0.15, -0.1) is 0 Å². The number of nitrogen functional groups attached to an aromatic ring is 1. The van der Waals surface area contributed by atoms with Gasteiger partial charge in [0.05, 0.1) is 18.9 Å². The maximum Gasteiger partial charge on any atom is 0.420 e. The number of nitrogens with zero attached hydrogens (tertiary/aromatic N) is 1. The molecule has 8 heteroatoms. The molecule has 0 aliphatic heterocycles. The smallest absolute Gasteiger partial charge is 0.420 e. The second-order valence-electron chi connectivity index (χ2n) is 3.68. The van der Waals surface area contributed by atoms with Crippen molar-refractivity contribution in [3.8, 4) is 22.6 Å². The lowest BCUT2D eigenvalue weighted by molar-refractivity contribution is -0.138. The molecule has 2 rings (SSSR count). The predicted octanol–water partition coefficient (Wildman–Crippen LogP) is 2.66. The van der Waals surface area contributed by atoms with Crippen LogP contribution in [0.15, 0.2) is 22.9 Å². The number of nitrogens with two attached hydrogens (primary N) is 1. The van der Waals surface area contributed by atoms with Crippen LogP contribution in [-0.4, -0.2) is 17.4 Å². The molecular formula is C11H9F3N2O3. The van der Waals surface area contributed by atoms with Crippen LogP contribution in [0.25, 0.3) is 11.1 Å². The van der Waals surface area contributed by atoms with Gasteiger partial charge in [-0.25, -0.2) is 0 Å². The van der Waals surface area contributed by atoms with Crippen molar-refractivity contribution in [2.45, 2.75) is 6.18 Å². The Balaban J connectivity index is 2.68. The van der Waals surface area contributed by atoms with Gasteiger partial charge in [0.15, 0.2) is 11.5 Å². The van der Waals surface area contributed by atoms with E-state index in [0.29, 0.717) is 0 Å². The molecule has 19 heavy (non-hydrogen) atoms. The van der Waals surface area contributed by atoms with Gasteiger partial charge >= 0.3 is 6.18 Å². The van der Waals surface area contributed by atoms with Crippen LogP contribution in [0.4, 0.5) is 19.1 Å². The van der Waals surface area contributed by atoms with Crippen molar-refractivity contribution in [2.75, 3.05) is 12.8 Å². The maximum atomic E-state index is 12.8. The van der Waals surface area contributed by atoms with Gasteiger partial charge in [-0.2, -0.15) is 13.2 Å². The molecule has 0 aliphatic rings. The zero-order chi connectivity index (χ0) is 14.2. The summed E-state index contributed by atoms with van der Waals surface area (Å²) < 4.78 is 47.7. The molecule has 1 aromatic carbocycles. The molecular weight excluding hydrogens is 265 g/mol. The summed E-state index contributed by atoms with van der Waals surface area (Å²) in [5, 5.41) is 12.9. The van der Waals surface area contributed by atoms with Crippen molar-refractivity contribution < 1.29 is 27.5 Å².